The Hall–Kier alpha value is -2.69. The molecule has 0 saturated carbocycles. The standard InChI is InChI=1S/C12H10N2O.C3H6O2/c15-12-9-5-4-8-11(12)14-13-10-6-2-1-3-7-10;1-2-5-3-4/h1-9,15H;3H,2H2,1H3. The van der Waals surface area contributed by atoms with Crippen molar-refractivity contribution in [3.63, 3.8) is 0 Å². The van der Waals surface area contributed by atoms with Crippen LogP contribution in [-0.4, -0.2) is 18.2 Å². The first-order chi connectivity index (χ1) is 9.77. The van der Waals surface area contributed by atoms with Crippen LogP contribution in [0.3, 0.4) is 0 Å². The third kappa shape index (κ3) is 5.77. The van der Waals surface area contributed by atoms with E-state index in [1.807, 2.05) is 30.3 Å². The molecular weight excluding hydrogens is 256 g/mol. The van der Waals surface area contributed by atoms with Gasteiger partial charge in [-0.05, 0) is 31.2 Å². The number of carbonyl (C=O) groups excluding carboxylic acids is 1. The van der Waals surface area contributed by atoms with Crippen molar-refractivity contribution in [1.82, 2.24) is 0 Å². The summed E-state index contributed by atoms with van der Waals surface area (Å²) in [7, 11) is 0. The second-order valence-corrected chi connectivity index (χ2v) is 3.58. The first-order valence-corrected chi connectivity index (χ1v) is 6.08. The summed E-state index contributed by atoms with van der Waals surface area (Å²) in [6.45, 7) is 2.66. The zero-order chi connectivity index (χ0) is 14.6. The number of aromatic hydroxyl groups is 1. The van der Waals surface area contributed by atoms with Gasteiger partial charge in [-0.25, -0.2) is 0 Å². The molecule has 0 saturated heterocycles. The fourth-order valence-electron chi connectivity index (χ4n) is 1.22. The molecule has 0 radical (unpaired) electrons. The molecule has 20 heavy (non-hydrogen) atoms. The lowest BCUT2D eigenvalue weighted by atomic mass is 10.3. The van der Waals surface area contributed by atoms with E-state index in [9.17, 15) is 9.90 Å². The van der Waals surface area contributed by atoms with Crippen LogP contribution in [0.1, 0.15) is 6.92 Å². The maximum atomic E-state index is 9.43. The van der Waals surface area contributed by atoms with Crippen LogP contribution in [0.5, 0.6) is 5.75 Å². The Kier molecular flexibility index (Phi) is 7.12. The molecule has 2 aromatic rings. The van der Waals surface area contributed by atoms with Gasteiger partial charge in [0.25, 0.3) is 6.47 Å². The van der Waals surface area contributed by atoms with Crippen molar-refractivity contribution in [2.45, 2.75) is 6.92 Å². The quantitative estimate of drug-likeness (QED) is 0.675. The summed E-state index contributed by atoms with van der Waals surface area (Å²) in [6.07, 6.45) is 0. The van der Waals surface area contributed by atoms with Crippen molar-refractivity contribution >= 4 is 17.8 Å². The fraction of sp³-hybridized carbons (Fsp3) is 0.133. The third-order valence-corrected chi connectivity index (χ3v) is 2.15. The molecule has 0 spiro atoms. The molecule has 0 heterocycles. The third-order valence-electron chi connectivity index (χ3n) is 2.15. The van der Waals surface area contributed by atoms with Gasteiger partial charge in [0.1, 0.15) is 11.4 Å². The topological polar surface area (TPSA) is 71.2 Å². The first-order valence-electron chi connectivity index (χ1n) is 6.08. The van der Waals surface area contributed by atoms with Gasteiger partial charge in [0.15, 0.2) is 0 Å². The lowest BCUT2D eigenvalue weighted by Gasteiger charge is -1.95. The number of phenols is 1. The molecule has 5 nitrogen and oxygen atoms in total. The number of hydrogen-bond acceptors (Lipinski definition) is 5. The van der Waals surface area contributed by atoms with Crippen LogP contribution in [-0.2, 0) is 9.53 Å². The van der Waals surface area contributed by atoms with E-state index < -0.39 is 0 Å². The van der Waals surface area contributed by atoms with Crippen molar-refractivity contribution in [3.8, 4) is 5.75 Å². The average molecular weight is 272 g/mol. The summed E-state index contributed by atoms with van der Waals surface area (Å²) in [6, 6.07) is 16.2. The van der Waals surface area contributed by atoms with Gasteiger partial charge in [0, 0.05) is 0 Å². The minimum atomic E-state index is 0.136. The number of carbonyl (C=O) groups is 1. The van der Waals surface area contributed by atoms with Crippen LogP contribution < -0.4 is 0 Å². The summed E-state index contributed by atoms with van der Waals surface area (Å²) < 4.78 is 4.15. The maximum absolute atomic E-state index is 9.43. The Morgan fingerprint density at radius 3 is 2.25 bits per heavy atom. The molecule has 2 rings (SSSR count). The van der Waals surface area contributed by atoms with E-state index >= 15 is 0 Å². The molecule has 0 unspecified atom stereocenters. The van der Waals surface area contributed by atoms with Gasteiger partial charge in [-0.2, -0.15) is 5.11 Å². The highest BCUT2D eigenvalue weighted by molar-refractivity contribution is 5.50. The molecule has 0 aliphatic carbocycles. The number of ether oxygens (including phenoxy) is 1. The van der Waals surface area contributed by atoms with E-state index in [1.165, 1.54) is 0 Å². The minimum Gasteiger partial charge on any atom is -0.506 e. The van der Waals surface area contributed by atoms with E-state index in [2.05, 4.69) is 15.0 Å². The fourth-order valence-corrected chi connectivity index (χ4v) is 1.22. The summed E-state index contributed by atoms with van der Waals surface area (Å²) in [5.41, 5.74) is 1.24. The number of azo groups is 1. The van der Waals surface area contributed by atoms with Gasteiger partial charge < -0.3 is 9.84 Å². The highest BCUT2D eigenvalue weighted by Gasteiger charge is 1.95. The van der Waals surface area contributed by atoms with Crippen molar-refractivity contribution in [3.05, 3.63) is 54.6 Å². The van der Waals surface area contributed by atoms with Crippen LogP contribution in [0.4, 0.5) is 11.4 Å². The van der Waals surface area contributed by atoms with Crippen LogP contribution in [0.15, 0.2) is 64.8 Å². The number of nitrogens with zero attached hydrogens (tertiary/aromatic N) is 2. The van der Waals surface area contributed by atoms with Gasteiger partial charge in [-0.3, -0.25) is 4.79 Å². The molecular formula is C15H16N2O3. The van der Waals surface area contributed by atoms with Crippen molar-refractivity contribution in [2.24, 2.45) is 10.2 Å². The van der Waals surface area contributed by atoms with Crippen LogP contribution in [0, 0.1) is 0 Å². The van der Waals surface area contributed by atoms with E-state index in [0.29, 0.717) is 18.8 Å². The summed E-state index contributed by atoms with van der Waals surface area (Å²) in [4.78, 5) is 9.18. The second kappa shape index (κ2) is 9.27. The van der Waals surface area contributed by atoms with Crippen molar-refractivity contribution in [1.29, 1.82) is 0 Å². The molecule has 0 atom stereocenters. The van der Waals surface area contributed by atoms with E-state index in [4.69, 9.17) is 0 Å². The normalized spacial score (nSPS) is 9.65. The SMILES string of the molecule is CCOC=O.Oc1ccccc1N=Nc1ccccc1. The number of rotatable bonds is 4. The predicted octanol–water partition coefficient (Wildman–Crippen LogP) is 3.99. The lowest BCUT2D eigenvalue weighted by Crippen LogP contribution is -1.80. The second-order valence-electron chi connectivity index (χ2n) is 3.58. The van der Waals surface area contributed by atoms with E-state index in [-0.39, 0.29) is 5.75 Å². The lowest BCUT2D eigenvalue weighted by molar-refractivity contribution is -0.128. The van der Waals surface area contributed by atoms with Crippen molar-refractivity contribution in [2.75, 3.05) is 6.61 Å². The largest absolute Gasteiger partial charge is 0.506 e. The molecule has 5 heteroatoms. The highest BCUT2D eigenvalue weighted by atomic mass is 16.5. The zero-order valence-corrected chi connectivity index (χ0v) is 11.1. The average Bonchev–Trinajstić information content (AvgIpc) is 2.49. The van der Waals surface area contributed by atoms with Crippen LogP contribution in [0.2, 0.25) is 0 Å². The summed E-state index contributed by atoms with van der Waals surface area (Å²) in [5, 5.41) is 17.4. The zero-order valence-electron chi connectivity index (χ0n) is 11.1. The Bertz CT molecular complexity index is 542. The number of benzene rings is 2. The van der Waals surface area contributed by atoms with E-state index in [1.54, 1.807) is 31.2 Å². The van der Waals surface area contributed by atoms with E-state index in [0.717, 1.165) is 5.69 Å². The first kappa shape index (κ1) is 15.4. The minimum absolute atomic E-state index is 0.136. The smallest absolute Gasteiger partial charge is 0.293 e. The molecule has 0 bridgehead atoms. The molecule has 0 aromatic heterocycles. The van der Waals surface area contributed by atoms with Gasteiger partial charge in [0.2, 0.25) is 0 Å². The molecule has 0 fully saturated rings. The molecule has 0 aliphatic heterocycles. The predicted molar refractivity (Wildman–Crippen MR) is 76.4 cm³/mol. The Morgan fingerprint density at radius 1 is 1.05 bits per heavy atom. The number of hydrogen-bond donors (Lipinski definition) is 1. The Balaban J connectivity index is 0.000000347. The van der Waals surface area contributed by atoms with Gasteiger partial charge in [-0.1, -0.05) is 30.3 Å². The van der Waals surface area contributed by atoms with Gasteiger partial charge >= 0.3 is 0 Å². The van der Waals surface area contributed by atoms with Crippen LogP contribution in [0.25, 0.3) is 0 Å². The Morgan fingerprint density at radius 2 is 1.70 bits per heavy atom. The van der Waals surface area contributed by atoms with Gasteiger partial charge in [-0.15, -0.1) is 5.11 Å². The summed E-state index contributed by atoms with van der Waals surface area (Å²) >= 11 is 0. The molecule has 1 N–H and O–H groups in total. The summed E-state index contributed by atoms with van der Waals surface area (Å²) in [5.74, 6) is 0.136. The number of phenolic OH excluding ortho intramolecular Hbond substituents is 1. The monoisotopic (exact) mass is 272 g/mol. The molecule has 2 aromatic carbocycles. The van der Waals surface area contributed by atoms with Crippen LogP contribution >= 0.6 is 0 Å². The molecule has 104 valence electrons. The van der Waals surface area contributed by atoms with Crippen molar-refractivity contribution < 1.29 is 14.6 Å². The Labute approximate surface area is 117 Å². The maximum Gasteiger partial charge on any atom is 0.293 e. The highest BCUT2D eigenvalue weighted by Crippen LogP contribution is 2.26. The van der Waals surface area contributed by atoms with Gasteiger partial charge in [0.05, 0.1) is 12.3 Å². The molecule has 0 amide bonds. The number of para-hydroxylation sites is 1. The molecule has 0 aliphatic rings.